The summed E-state index contributed by atoms with van der Waals surface area (Å²) < 4.78 is 14.2. The molecule has 1 fully saturated rings. The smallest absolute Gasteiger partial charge is 0.118 e. The Balaban J connectivity index is 1.56. The van der Waals surface area contributed by atoms with Crippen LogP contribution >= 0.6 is 0 Å². The quantitative estimate of drug-likeness (QED) is 0.455. The second kappa shape index (κ2) is 6.78. The van der Waals surface area contributed by atoms with Crippen LogP contribution in [-0.2, 0) is 11.3 Å². The summed E-state index contributed by atoms with van der Waals surface area (Å²) in [5, 5.41) is 6.55. The molecule has 0 bridgehead atoms. The molecule has 2 aliphatic rings. The average molecular weight is 399 g/mol. The molecule has 0 spiro atoms. The van der Waals surface area contributed by atoms with E-state index in [4.69, 9.17) is 9.47 Å². The maximum atomic E-state index is 6.41. The molecule has 152 valence electrons. The SMILES string of the molecule is CCn1c2ccccc2c2c3c(ccc21)N[C@@H](c1ccc(OC)cc1)[C@@H]1CCO[C@H]31. The third kappa shape index (κ3) is 2.43. The Hall–Kier alpha value is -2.98. The molecular formula is C26H26N2O2. The summed E-state index contributed by atoms with van der Waals surface area (Å²) in [6.07, 6.45) is 1.18. The van der Waals surface area contributed by atoms with E-state index in [-0.39, 0.29) is 12.1 Å². The number of para-hydroxylation sites is 1. The molecule has 2 aliphatic heterocycles. The third-order valence-electron chi connectivity index (χ3n) is 6.93. The molecule has 3 aromatic carbocycles. The van der Waals surface area contributed by atoms with Gasteiger partial charge in [0.1, 0.15) is 5.75 Å². The molecule has 0 amide bonds. The van der Waals surface area contributed by atoms with Crippen LogP contribution in [0.3, 0.4) is 0 Å². The highest BCUT2D eigenvalue weighted by Gasteiger charge is 2.42. The van der Waals surface area contributed by atoms with Crippen molar-refractivity contribution in [3.8, 4) is 5.75 Å². The summed E-state index contributed by atoms with van der Waals surface area (Å²) in [7, 11) is 1.71. The van der Waals surface area contributed by atoms with Gasteiger partial charge in [-0.15, -0.1) is 0 Å². The lowest BCUT2D eigenvalue weighted by Crippen LogP contribution is -2.29. The molecule has 4 aromatic rings. The summed E-state index contributed by atoms with van der Waals surface area (Å²) in [6, 6.07) is 22.0. The van der Waals surface area contributed by atoms with Gasteiger partial charge in [0, 0.05) is 52.1 Å². The molecular weight excluding hydrogens is 372 g/mol. The van der Waals surface area contributed by atoms with Gasteiger partial charge in [-0.2, -0.15) is 0 Å². The molecule has 4 nitrogen and oxygen atoms in total. The third-order valence-corrected chi connectivity index (χ3v) is 6.93. The highest BCUT2D eigenvalue weighted by atomic mass is 16.5. The molecule has 0 aliphatic carbocycles. The fraction of sp³-hybridized carbons (Fsp3) is 0.308. The number of aryl methyl sites for hydroxylation is 1. The maximum absolute atomic E-state index is 6.41. The van der Waals surface area contributed by atoms with Crippen molar-refractivity contribution in [1.82, 2.24) is 4.57 Å². The number of ether oxygens (including phenoxy) is 2. The summed E-state index contributed by atoms with van der Waals surface area (Å²) >= 11 is 0. The van der Waals surface area contributed by atoms with Gasteiger partial charge in [-0.25, -0.2) is 0 Å². The molecule has 1 N–H and O–H groups in total. The zero-order chi connectivity index (χ0) is 20.2. The molecule has 6 rings (SSSR count). The normalized spacial score (nSPS) is 22.7. The van der Waals surface area contributed by atoms with Crippen molar-refractivity contribution < 1.29 is 9.47 Å². The Labute approximate surface area is 176 Å². The van der Waals surface area contributed by atoms with Crippen molar-refractivity contribution in [3.63, 3.8) is 0 Å². The number of benzene rings is 3. The number of fused-ring (bicyclic) bond motifs is 7. The van der Waals surface area contributed by atoms with Gasteiger partial charge in [0.05, 0.1) is 19.3 Å². The van der Waals surface area contributed by atoms with Crippen molar-refractivity contribution in [2.45, 2.75) is 32.0 Å². The highest BCUT2D eigenvalue weighted by molar-refractivity contribution is 6.11. The van der Waals surface area contributed by atoms with E-state index in [2.05, 4.69) is 77.5 Å². The molecule has 0 unspecified atom stereocenters. The average Bonchev–Trinajstić information content (AvgIpc) is 3.41. The van der Waals surface area contributed by atoms with Crippen molar-refractivity contribution in [2.24, 2.45) is 5.92 Å². The number of hydrogen-bond acceptors (Lipinski definition) is 3. The van der Waals surface area contributed by atoms with Gasteiger partial charge in [0.25, 0.3) is 0 Å². The van der Waals surface area contributed by atoms with Gasteiger partial charge in [-0.3, -0.25) is 0 Å². The molecule has 0 saturated carbocycles. The molecule has 1 aromatic heterocycles. The van der Waals surface area contributed by atoms with E-state index >= 15 is 0 Å². The van der Waals surface area contributed by atoms with Gasteiger partial charge in [-0.1, -0.05) is 30.3 Å². The van der Waals surface area contributed by atoms with Crippen LogP contribution in [0.2, 0.25) is 0 Å². The Kier molecular flexibility index (Phi) is 4.03. The summed E-state index contributed by atoms with van der Waals surface area (Å²) in [5.41, 5.74) is 6.43. The van der Waals surface area contributed by atoms with Crippen LogP contribution in [-0.4, -0.2) is 18.3 Å². The van der Waals surface area contributed by atoms with Crippen LogP contribution in [0, 0.1) is 5.92 Å². The summed E-state index contributed by atoms with van der Waals surface area (Å²) in [6.45, 7) is 3.99. The van der Waals surface area contributed by atoms with Crippen molar-refractivity contribution in [2.75, 3.05) is 19.0 Å². The lowest BCUT2D eigenvalue weighted by Gasteiger charge is -2.37. The second-order valence-corrected chi connectivity index (χ2v) is 8.32. The van der Waals surface area contributed by atoms with Gasteiger partial charge < -0.3 is 19.4 Å². The molecule has 3 heterocycles. The lowest BCUT2D eigenvalue weighted by atomic mass is 9.79. The van der Waals surface area contributed by atoms with E-state index in [1.54, 1.807) is 7.11 Å². The Morgan fingerprint density at radius 2 is 1.87 bits per heavy atom. The van der Waals surface area contributed by atoms with Crippen LogP contribution in [0.5, 0.6) is 5.75 Å². The predicted octanol–water partition coefficient (Wildman–Crippen LogP) is 6.07. The summed E-state index contributed by atoms with van der Waals surface area (Å²) in [4.78, 5) is 0. The van der Waals surface area contributed by atoms with Crippen LogP contribution in [0.4, 0.5) is 5.69 Å². The summed E-state index contributed by atoms with van der Waals surface area (Å²) in [5.74, 6) is 1.31. The van der Waals surface area contributed by atoms with Gasteiger partial charge >= 0.3 is 0 Å². The molecule has 1 saturated heterocycles. The van der Waals surface area contributed by atoms with Gasteiger partial charge in [0.2, 0.25) is 0 Å². The topological polar surface area (TPSA) is 35.4 Å². The van der Waals surface area contributed by atoms with Crippen LogP contribution < -0.4 is 10.1 Å². The Bertz CT molecular complexity index is 1240. The molecule has 4 heteroatoms. The maximum Gasteiger partial charge on any atom is 0.118 e. The Morgan fingerprint density at radius 1 is 1.03 bits per heavy atom. The number of anilines is 1. The fourth-order valence-corrected chi connectivity index (χ4v) is 5.59. The number of aromatic nitrogens is 1. The number of nitrogens with zero attached hydrogens (tertiary/aromatic N) is 1. The predicted molar refractivity (Wildman–Crippen MR) is 121 cm³/mol. The monoisotopic (exact) mass is 398 g/mol. The minimum Gasteiger partial charge on any atom is -0.497 e. The van der Waals surface area contributed by atoms with Crippen LogP contribution in [0.25, 0.3) is 21.8 Å². The zero-order valence-electron chi connectivity index (χ0n) is 17.4. The molecule has 30 heavy (non-hydrogen) atoms. The van der Waals surface area contributed by atoms with Crippen molar-refractivity contribution in [3.05, 3.63) is 71.8 Å². The van der Waals surface area contributed by atoms with Gasteiger partial charge in [-0.05, 0) is 49.2 Å². The van der Waals surface area contributed by atoms with Crippen molar-refractivity contribution in [1.29, 1.82) is 0 Å². The minimum absolute atomic E-state index is 0.119. The lowest BCUT2D eigenvalue weighted by molar-refractivity contribution is 0.0842. The standard InChI is InChI=1S/C26H26N2O2/c1-3-28-21-7-5-4-6-18(21)23-22(28)13-12-20-24(23)26-19(14-15-30-26)25(27-20)16-8-10-17(29-2)11-9-16/h4-13,19,25-27H,3,14-15H2,1-2H3/t19-,25-,26-/m0/s1. The first kappa shape index (κ1) is 17.8. The number of hydrogen-bond donors (Lipinski definition) is 1. The largest absolute Gasteiger partial charge is 0.497 e. The fourth-order valence-electron chi connectivity index (χ4n) is 5.59. The second-order valence-electron chi connectivity index (χ2n) is 8.32. The van der Waals surface area contributed by atoms with Crippen molar-refractivity contribution >= 4 is 27.5 Å². The first-order chi connectivity index (χ1) is 14.8. The van der Waals surface area contributed by atoms with Crippen LogP contribution in [0.1, 0.15) is 36.6 Å². The highest BCUT2D eigenvalue weighted by Crippen LogP contribution is 2.53. The first-order valence-corrected chi connectivity index (χ1v) is 10.9. The zero-order valence-corrected chi connectivity index (χ0v) is 17.4. The van der Waals surface area contributed by atoms with E-state index in [0.717, 1.165) is 25.3 Å². The van der Waals surface area contributed by atoms with E-state index in [1.165, 1.54) is 38.6 Å². The van der Waals surface area contributed by atoms with E-state index < -0.39 is 0 Å². The van der Waals surface area contributed by atoms with E-state index in [0.29, 0.717) is 5.92 Å². The number of rotatable bonds is 3. The number of nitrogens with one attached hydrogen (secondary N) is 1. The first-order valence-electron chi connectivity index (χ1n) is 10.9. The minimum atomic E-state index is 0.119. The molecule has 3 atom stereocenters. The van der Waals surface area contributed by atoms with Crippen LogP contribution in [0.15, 0.2) is 60.7 Å². The van der Waals surface area contributed by atoms with E-state index in [1.807, 2.05) is 0 Å². The van der Waals surface area contributed by atoms with E-state index in [9.17, 15) is 0 Å². The Morgan fingerprint density at radius 3 is 2.67 bits per heavy atom. The number of methoxy groups -OCH3 is 1. The van der Waals surface area contributed by atoms with Gasteiger partial charge in [0.15, 0.2) is 0 Å². The molecule has 0 radical (unpaired) electrons.